The molecule has 0 aliphatic heterocycles. The quantitative estimate of drug-likeness (QED) is 0.620. The number of rotatable bonds is 4. The van der Waals surface area contributed by atoms with E-state index in [2.05, 4.69) is 19.9 Å². The Balaban J connectivity index is 2.19. The van der Waals surface area contributed by atoms with Crippen LogP contribution in [-0.4, -0.2) is 32.5 Å². The number of ether oxygens (including phenoxy) is 1. The van der Waals surface area contributed by atoms with Gasteiger partial charge in [-0.2, -0.15) is 0 Å². The van der Waals surface area contributed by atoms with E-state index in [0.29, 0.717) is 17.8 Å². The number of unbranched alkanes of at least 4 members (excludes halogenated alkanes) is 1. The second-order valence-electron chi connectivity index (χ2n) is 3.31. The van der Waals surface area contributed by atoms with Crippen LogP contribution in [0.1, 0.15) is 30.3 Å². The van der Waals surface area contributed by atoms with E-state index in [4.69, 9.17) is 4.74 Å². The summed E-state index contributed by atoms with van der Waals surface area (Å²) in [6.07, 6.45) is 4.61. The van der Waals surface area contributed by atoms with Gasteiger partial charge in [-0.15, -0.1) is 0 Å². The maximum absolute atomic E-state index is 11.7. The minimum absolute atomic E-state index is 0.235. The fourth-order valence-electron chi connectivity index (χ4n) is 1.30. The Morgan fingerprint density at radius 1 is 1.44 bits per heavy atom. The number of hydrogen-bond acceptors (Lipinski definition) is 5. The fourth-order valence-corrected chi connectivity index (χ4v) is 1.30. The molecule has 84 valence electrons. The molecule has 2 aromatic heterocycles. The first-order valence-corrected chi connectivity index (χ1v) is 5.14. The summed E-state index contributed by atoms with van der Waals surface area (Å²) >= 11 is 0. The summed E-state index contributed by atoms with van der Waals surface area (Å²) in [5, 5.41) is 0. The van der Waals surface area contributed by atoms with Crippen LogP contribution in [0.15, 0.2) is 12.7 Å². The molecule has 2 aromatic rings. The lowest BCUT2D eigenvalue weighted by Gasteiger charge is -2.02. The third kappa shape index (κ3) is 2.00. The zero-order chi connectivity index (χ0) is 11.4. The molecule has 0 unspecified atom stereocenters. The van der Waals surface area contributed by atoms with Crippen molar-refractivity contribution in [2.75, 3.05) is 6.61 Å². The molecule has 2 heterocycles. The van der Waals surface area contributed by atoms with Crippen molar-refractivity contribution < 1.29 is 9.53 Å². The molecule has 0 fully saturated rings. The Hall–Kier alpha value is -1.98. The zero-order valence-electron chi connectivity index (χ0n) is 8.93. The molecule has 0 amide bonds. The van der Waals surface area contributed by atoms with Crippen molar-refractivity contribution in [2.45, 2.75) is 19.8 Å². The number of carbonyl (C=O) groups excluding carboxylic acids is 1. The number of hydrogen-bond donors (Lipinski definition) is 1. The number of esters is 1. The Morgan fingerprint density at radius 2 is 2.31 bits per heavy atom. The molecule has 0 spiro atoms. The largest absolute Gasteiger partial charge is 0.461 e. The van der Waals surface area contributed by atoms with Gasteiger partial charge in [0.1, 0.15) is 11.8 Å². The summed E-state index contributed by atoms with van der Waals surface area (Å²) in [7, 11) is 0. The van der Waals surface area contributed by atoms with Crippen LogP contribution >= 0.6 is 0 Å². The molecular formula is C10H12N4O2. The smallest absolute Gasteiger partial charge is 0.359 e. The molecule has 16 heavy (non-hydrogen) atoms. The van der Waals surface area contributed by atoms with Crippen LogP contribution in [0.5, 0.6) is 0 Å². The number of nitrogens with one attached hydrogen (secondary N) is 1. The van der Waals surface area contributed by atoms with E-state index in [1.165, 1.54) is 12.7 Å². The van der Waals surface area contributed by atoms with E-state index in [9.17, 15) is 4.79 Å². The molecule has 1 N–H and O–H groups in total. The van der Waals surface area contributed by atoms with Crippen molar-refractivity contribution in [2.24, 2.45) is 0 Å². The van der Waals surface area contributed by atoms with Crippen LogP contribution in [0.3, 0.4) is 0 Å². The monoisotopic (exact) mass is 220 g/mol. The average molecular weight is 220 g/mol. The molecule has 6 heteroatoms. The molecule has 0 aliphatic carbocycles. The first kappa shape index (κ1) is 10.5. The maximum Gasteiger partial charge on any atom is 0.359 e. The van der Waals surface area contributed by atoms with E-state index in [0.717, 1.165) is 12.8 Å². The van der Waals surface area contributed by atoms with Gasteiger partial charge >= 0.3 is 5.97 Å². The van der Waals surface area contributed by atoms with Crippen LogP contribution < -0.4 is 0 Å². The Kier molecular flexibility index (Phi) is 3.09. The number of H-pyrrole nitrogens is 1. The number of fused-ring (bicyclic) bond motifs is 1. The van der Waals surface area contributed by atoms with Gasteiger partial charge in [-0.1, -0.05) is 13.3 Å². The second kappa shape index (κ2) is 4.69. The molecule has 6 nitrogen and oxygen atoms in total. The van der Waals surface area contributed by atoms with Gasteiger partial charge in [0.2, 0.25) is 0 Å². The van der Waals surface area contributed by atoms with E-state index >= 15 is 0 Å². The predicted molar refractivity (Wildman–Crippen MR) is 56.9 cm³/mol. The summed E-state index contributed by atoms with van der Waals surface area (Å²) in [5.74, 6) is -0.440. The third-order valence-corrected chi connectivity index (χ3v) is 2.15. The molecule has 0 saturated heterocycles. The summed E-state index contributed by atoms with van der Waals surface area (Å²) in [5.41, 5.74) is 1.22. The highest BCUT2D eigenvalue weighted by molar-refractivity contribution is 5.98. The van der Waals surface area contributed by atoms with Crippen LogP contribution in [0.25, 0.3) is 11.2 Å². The van der Waals surface area contributed by atoms with Gasteiger partial charge in [-0.3, -0.25) is 0 Å². The topological polar surface area (TPSA) is 80.8 Å². The van der Waals surface area contributed by atoms with Crippen molar-refractivity contribution in [3.63, 3.8) is 0 Å². The summed E-state index contributed by atoms with van der Waals surface area (Å²) in [4.78, 5) is 26.3. The maximum atomic E-state index is 11.7. The second-order valence-corrected chi connectivity index (χ2v) is 3.31. The van der Waals surface area contributed by atoms with Crippen molar-refractivity contribution in [1.29, 1.82) is 0 Å². The van der Waals surface area contributed by atoms with Crippen molar-refractivity contribution in [1.82, 2.24) is 19.9 Å². The van der Waals surface area contributed by atoms with Crippen LogP contribution in [0.4, 0.5) is 0 Å². The molecule has 0 radical (unpaired) electrons. The summed E-state index contributed by atoms with van der Waals surface area (Å²) in [6.45, 7) is 2.45. The van der Waals surface area contributed by atoms with Gasteiger partial charge in [0.25, 0.3) is 0 Å². The summed E-state index contributed by atoms with van der Waals surface area (Å²) in [6, 6.07) is 0. The highest BCUT2D eigenvalue weighted by Gasteiger charge is 2.14. The number of nitrogens with zero attached hydrogens (tertiary/aromatic N) is 3. The Morgan fingerprint density at radius 3 is 3.12 bits per heavy atom. The van der Waals surface area contributed by atoms with Gasteiger partial charge in [0.15, 0.2) is 11.3 Å². The number of carbonyl (C=O) groups is 1. The lowest BCUT2D eigenvalue weighted by Crippen LogP contribution is -2.09. The number of aromatic nitrogens is 4. The molecule has 0 saturated carbocycles. The molecule has 0 aromatic carbocycles. The SMILES string of the molecule is CCCCOC(=O)c1ncnc2nc[nH]c12. The summed E-state index contributed by atoms with van der Waals surface area (Å²) < 4.78 is 5.07. The van der Waals surface area contributed by atoms with Gasteiger partial charge in [-0.05, 0) is 6.42 Å². The Labute approximate surface area is 92.1 Å². The van der Waals surface area contributed by atoms with Crippen LogP contribution in [0, 0.1) is 0 Å². The van der Waals surface area contributed by atoms with E-state index in [-0.39, 0.29) is 5.69 Å². The molecule has 0 aliphatic rings. The molecular weight excluding hydrogens is 208 g/mol. The molecule has 0 bridgehead atoms. The minimum atomic E-state index is -0.440. The fraction of sp³-hybridized carbons (Fsp3) is 0.400. The van der Waals surface area contributed by atoms with Gasteiger partial charge in [-0.25, -0.2) is 19.7 Å². The zero-order valence-corrected chi connectivity index (χ0v) is 8.93. The number of imidazole rings is 1. The van der Waals surface area contributed by atoms with Gasteiger partial charge in [0, 0.05) is 0 Å². The lowest BCUT2D eigenvalue weighted by molar-refractivity contribution is 0.0495. The first-order chi connectivity index (χ1) is 7.83. The van der Waals surface area contributed by atoms with Crippen molar-refractivity contribution in [3.8, 4) is 0 Å². The van der Waals surface area contributed by atoms with E-state index in [1.54, 1.807) is 0 Å². The normalized spacial score (nSPS) is 10.6. The first-order valence-electron chi connectivity index (χ1n) is 5.14. The van der Waals surface area contributed by atoms with Gasteiger partial charge < -0.3 is 9.72 Å². The molecule has 2 rings (SSSR count). The highest BCUT2D eigenvalue weighted by Crippen LogP contribution is 2.10. The Bertz CT molecular complexity index is 494. The average Bonchev–Trinajstić information content (AvgIpc) is 2.76. The number of aromatic amines is 1. The lowest BCUT2D eigenvalue weighted by atomic mass is 10.3. The highest BCUT2D eigenvalue weighted by atomic mass is 16.5. The molecule has 0 atom stereocenters. The van der Waals surface area contributed by atoms with E-state index in [1.807, 2.05) is 6.92 Å². The van der Waals surface area contributed by atoms with Crippen molar-refractivity contribution in [3.05, 3.63) is 18.3 Å². The van der Waals surface area contributed by atoms with Gasteiger partial charge in [0.05, 0.1) is 12.9 Å². The predicted octanol–water partition coefficient (Wildman–Crippen LogP) is 1.31. The van der Waals surface area contributed by atoms with Crippen LogP contribution in [-0.2, 0) is 4.74 Å². The van der Waals surface area contributed by atoms with Crippen molar-refractivity contribution >= 4 is 17.1 Å². The van der Waals surface area contributed by atoms with E-state index < -0.39 is 5.97 Å². The van der Waals surface area contributed by atoms with Crippen LogP contribution in [0.2, 0.25) is 0 Å². The standard InChI is InChI=1S/C10H12N4O2/c1-2-3-4-16-10(15)8-7-9(13-5-11-7)14-6-12-8/h5-6H,2-4H2,1H3,(H,11,12,13,14). The third-order valence-electron chi connectivity index (χ3n) is 2.15. The minimum Gasteiger partial charge on any atom is -0.461 e.